The average Bonchev–Trinajstić information content (AvgIpc) is 3.49. The summed E-state index contributed by atoms with van der Waals surface area (Å²) in [6.07, 6.45) is 8.19. The number of amides is 2. The number of para-hydroxylation sites is 2. The number of hydrogen-bond acceptors (Lipinski definition) is 2. The molecule has 0 aliphatic carbocycles. The highest BCUT2D eigenvalue weighted by atomic mass is 19.1. The fourth-order valence-corrected chi connectivity index (χ4v) is 5.64. The first-order valence-corrected chi connectivity index (χ1v) is 14.7. The standard InChI is InChI=1S/C35H38FN3O2/c1-3-5-7-11-26-15-17-28(18-16-26)35(41)37(23-6-4-2)25-33(40)39-31-13-9-8-12-30(31)38-24-10-14-32(38)34(39)27-19-21-29(36)22-20-27/h8-10,12-22,24,34H,3-7,11,23,25H2,1-2H3. The van der Waals surface area contributed by atoms with E-state index in [4.69, 9.17) is 0 Å². The minimum Gasteiger partial charge on any atom is -0.329 e. The maximum atomic E-state index is 14.3. The number of anilines is 1. The highest BCUT2D eigenvalue weighted by molar-refractivity contribution is 6.02. The summed E-state index contributed by atoms with van der Waals surface area (Å²) in [5, 5.41) is 0. The molecule has 0 saturated carbocycles. The molecule has 5 rings (SSSR count). The lowest BCUT2D eigenvalue weighted by atomic mass is 9.97. The van der Waals surface area contributed by atoms with E-state index in [0.29, 0.717) is 12.1 Å². The number of halogens is 1. The van der Waals surface area contributed by atoms with Gasteiger partial charge < -0.3 is 9.47 Å². The zero-order valence-electron chi connectivity index (χ0n) is 23.9. The van der Waals surface area contributed by atoms with E-state index in [0.717, 1.165) is 48.3 Å². The van der Waals surface area contributed by atoms with Crippen molar-refractivity contribution in [1.82, 2.24) is 9.47 Å². The van der Waals surface area contributed by atoms with Gasteiger partial charge in [0.1, 0.15) is 18.4 Å². The van der Waals surface area contributed by atoms with Crippen LogP contribution in [0.1, 0.15) is 79.2 Å². The summed E-state index contributed by atoms with van der Waals surface area (Å²) in [6, 6.07) is 25.4. The number of aryl methyl sites for hydroxylation is 1. The van der Waals surface area contributed by atoms with Gasteiger partial charge >= 0.3 is 0 Å². The molecule has 1 aliphatic heterocycles. The fraction of sp³-hybridized carbons (Fsp3) is 0.314. The van der Waals surface area contributed by atoms with Gasteiger partial charge in [0.25, 0.3) is 5.91 Å². The van der Waals surface area contributed by atoms with Crippen LogP contribution < -0.4 is 4.90 Å². The third-order valence-corrected chi connectivity index (χ3v) is 7.84. The van der Waals surface area contributed by atoms with Crippen LogP contribution in [0.4, 0.5) is 10.1 Å². The van der Waals surface area contributed by atoms with E-state index in [1.165, 1.54) is 30.5 Å². The van der Waals surface area contributed by atoms with Crippen molar-refractivity contribution in [3.63, 3.8) is 0 Å². The Morgan fingerprint density at radius 3 is 2.22 bits per heavy atom. The molecule has 2 amide bonds. The van der Waals surface area contributed by atoms with Crippen LogP contribution in [-0.4, -0.2) is 34.4 Å². The minimum absolute atomic E-state index is 0.0518. The lowest BCUT2D eigenvalue weighted by Crippen LogP contribution is -2.47. The lowest BCUT2D eigenvalue weighted by molar-refractivity contribution is -0.119. The van der Waals surface area contributed by atoms with Crippen LogP contribution in [0.3, 0.4) is 0 Å². The van der Waals surface area contributed by atoms with Crippen LogP contribution in [0.2, 0.25) is 0 Å². The molecule has 3 aromatic carbocycles. The van der Waals surface area contributed by atoms with Crippen LogP contribution in [0, 0.1) is 5.82 Å². The van der Waals surface area contributed by atoms with E-state index < -0.39 is 6.04 Å². The number of carbonyl (C=O) groups excluding carboxylic acids is 2. The van der Waals surface area contributed by atoms with Crippen molar-refractivity contribution in [1.29, 1.82) is 0 Å². The molecule has 1 unspecified atom stereocenters. The second-order valence-corrected chi connectivity index (χ2v) is 10.7. The van der Waals surface area contributed by atoms with Gasteiger partial charge in [0.15, 0.2) is 0 Å². The van der Waals surface area contributed by atoms with Gasteiger partial charge in [-0.25, -0.2) is 4.39 Å². The highest BCUT2D eigenvalue weighted by Crippen LogP contribution is 2.42. The van der Waals surface area contributed by atoms with Crippen molar-refractivity contribution in [3.8, 4) is 5.69 Å². The first-order chi connectivity index (χ1) is 20.0. The number of carbonyl (C=O) groups is 2. The molecule has 1 aromatic heterocycles. The van der Waals surface area contributed by atoms with E-state index in [9.17, 15) is 14.0 Å². The number of hydrogen-bond donors (Lipinski definition) is 0. The number of fused-ring (bicyclic) bond motifs is 3. The molecule has 1 atom stereocenters. The molecule has 0 N–H and O–H groups in total. The molecule has 1 aliphatic rings. The van der Waals surface area contributed by atoms with Crippen LogP contribution in [0.5, 0.6) is 0 Å². The number of unbranched alkanes of at least 4 members (excludes halogenated alkanes) is 3. The number of benzene rings is 3. The van der Waals surface area contributed by atoms with Crippen molar-refractivity contribution in [2.75, 3.05) is 18.0 Å². The highest BCUT2D eigenvalue weighted by Gasteiger charge is 2.37. The van der Waals surface area contributed by atoms with E-state index in [-0.39, 0.29) is 24.2 Å². The predicted octanol–water partition coefficient (Wildman–Crippen LogP) is 7.73. The van der Waals surface area contributed by atoms with Crippen LogP contribution in [0.25, 0.3) is 5.69 Å². The smallest absolute Gasteiger partial charge is 0.254 e. The molecule has 41 heavy (non-hydrogen) atoms. The van der Waals surface area contributed by atoms with Gasteiger partial charge in [-0.3, -0.25) is 14.5 Å². The zero-order chi connectivity index (χ0) is 28.8. The molecule has 0 radical (unpaired) electrons. The summed E-state index contributed by atoms with van der Waals surface area (Å²) in [5.74, 6) is -0.648. The Morgan fingerprint density at radius 1 is 0.805 bits per heavy atom. The first-order valence-electron chi connectivity index (χ1n) is 14.7. The molecule has 0 spiro atoms. The third-order valence-electron chi connectivity index (χ3n) is 7.84. The molecular weight excluding hydrogens is 513 g/mol. The Balaban J connectivity index is 1.46. The Morgan fingerprint density at radius 2 is 1.51 bits per heavy atom. The van der Waals surface area contributed by atoms with E-state index in [1.807, 2.05) is 66.9 Å². The van der Waals surface area contributed by atoms with Gasteiger partial charge in [0.2, 0.25) is 5.91 Å². The Kier molecular flexibility index (Phi) is 8.98. The van der Waals surface area contributed by atoms with Crippen LogP contribution >= 0.6 is 0 Å². The van der Waals surface area contributed by atoms with Gasteiger partial charge in [0, 0.05) is 18.3 Å². The SMILES string of the molecule is CCCCCc1ccc(C(=O)N(CCCC)CC(=O)N2c3ccccc3-n3cccc3C2c2ccc(F)cc2)cc1. The summed E-state index contributed by atoms with van der Waals surface area (Å²) in [5.41, 5.74) is 5.18. The maximum Gasteiger partial charge on any atom is 0.254 e. The lowest BCUT2D eigenvalue weighted by Gasteiger charge is -2.39. The summed E-state index contributed by atoms with van der Waals surface area (Å²) in [7, 11) is 0. The van der Waals surface area contributed by atoms with Crippen molar-refractivity contribution < 1.29 is 14.0 Å². The molecule has 5 nitrogen and oxygen atoms in total. The van der Waals surface area contributed by atoms with Crippen molar-refractivity contribution >= 4 is 17.5 Å². The molecule has 4 aromatic rings. The van der Waals surface area contributed by atoms with Gasteiger partial charge in [-0.15, -0.1) is 0 Å². The first kappa shape index (κ1) is 28.3. The fourth-order valence-electron chi connectivity index (χ4n) is 5.64. The van der Waals surface area contributed by atoms with Gasteiger partial charge in [-0.2, -0.15) is 0 Å². The normalized spacial score (nSPS) is 13.9. The summed E-state index contributed by atoms with van der Waals surface area (Å²) >= 11 is 0. The Bertz CT molecular complexity index is 1480. The maximum absolute atomic E-state index is 14.3. The van der Waals surface area contributed by atoms with E-state index in [2.05, 4.69) is 18.4 Å². The van der Waals surface area contributed by atoms with Crippen LogP contribution in [0.15, 0.2) is 91.1 Å². The van der Waals surface area contributed by atoms with E-state index in [1.54, 1.807) is 21.9 Å². The minimum atomic E-state index is -0.460. The zero-order valence-corrected chi connectivity index (χ0v) is 23.9. The summed E-state index contributed by atoms with van der Waals surface area (Å²) < 4.78 is 16.0. The molecule has 0 bridgehead atoms. The number of rotatable bonds is 11. The van der Waals surface area contributed by atoms with Crippen molar-refractivity contribution in [3.05, 3.63) is 119 Å². The topological polar surface area (TPSA) is 45.6 Å². The summed E-state index contributed by atoms with van der Waals surface area (Å²) in [6.45, 7) is 4.71. The number of nitrogens with zero attached hydrogens (tertiary/aromatic N) is 3. The van der Waals surface area contributed by atoms with E-state index >= 15 is 0 Å². The molecule has 6 heteroatoms. The molecule has 212 valence electrons. The van der Waals surface area contributed by atoms with Crippen molar-refractivity contribution in [2.24, 2.45) is 0 Å². The molecular formula is C35H38FN3O2. The third kappa shape index (κ3) is 6.12. The predicted molar refractivity (Wildman–Crippen MR) is 162 cm³/mol. The largest absolute Gasteiger partial charge is 0.329 e. The summed E-state index contributed by atoms with van der Waals surface area (Å²) in [4.78, 5) is 31.5. The van der Waals surface area contributed by atoms with Gasteiger partial charge in [0.05, 0.1) is 17.1 Å². The second-order valence-electron chi connectivity index (χ2n) is 10.7. The van der Waals surface area contributed by atoms with Crippen LogP contribution in [-0.2, 0) is 11.2 Å². The molecule has 2 heterocycles. The Hall–Kier alpha value is -4.19. The molecule has 0 fully saturated rings. The average molecular weight is 552 g/mol. The Labute approximate surface area is 242 Å². The second kappa shape index (κ2) is 13.0. The molecule has 0 saturated heterocycles. The van der Waals surface area contributed by atoms with Crippen molar-refractivity contribution in [2.45, 2.75) is 58.4 Å². The quantitative estimate of drug-likeness (QED) is 0.179. The number of aromatic nitrogens is 1. The van der Waals surface area contributed by atoms with Gasteiger partial charge in [-0.05, 0) is 78.9 Å². The van der Waals surface area contributed by atoms with Gasteiger partial charge in [-0.1, -0.05) is 69.5 Å². The monoisotopic (exact) mass is 551 g/mol.